The first kappa shape index (κ1) is 17.6. The predicted molar refractivity (Wildman–Crippen MR) is 104 cm³/mol. The lowest BCUT2D eigenvalue weighted by atomic mass is 9.98. The molecule has 1 heterocycles. The molecule has 140 valence electrons. The normalized spacial score (nSPS) is 15.0. The van der Waals surface area contributed by atoms with Crippen LogP contribution in [0.2, 0.25) is 0 Å². The first-order valence-electron chi connectivity index (χ1n) is 9.48. The zero-order valence-corrected chi connectivity index (χ0v) is 15.5. The fourth-order valence-electron chi connectivity index (χ4n) is 3.41. The molecule has 27 heavy (non-hydrogen) atoms. The van der Waals surface area contributed by atoms with Gasteiger partial charge in [-0.05, 0) is 48.4 Å². The van der Waals surface area contributed by atoms with Crippen molar-refractivity contribution in [2.24, 2.45) is 5.92 Å². The van der Waals surface area contributed by atoms with Gasteiger partial charge in [0.15, 0.2) is 0 Å². The number of carbonyl (C=O) groups is 1. The van der Waals surface area contributed by atoms with Crippen molar-refractivity contribution in [3.8, 4) is 5.75 Å². The van der Waals surface area contributed by atoms with Gasteiger partial charge in [0, 0.05) is 17.5 Å². The number of carboxylic acids is 1. The smallest absolute Gasteiger partial charge is 0.303 e. The van der Waals surface area contributed by atoms with Gasteiger partial charge in [-0.2, -0.15) is 5.10 Å². The van der Waals surface area contributed by atoms with Crippen LogP contribution in [0.15, 0.2) is 48.7 Å². The standard InChI is InChI=1S/C22H24N2O3/c1-15(11-22(25)26)17-7-9-19(10-8-17)27-14-18-3-2-4-21-20(18)12-23-24(21)13-16-5-6-16/h2-4,7-10,12,15-16H,5-6,11,13-14H2,1H3,(H,25,26). The van der Waals surface area contributed by atoms with Crippen LogP contribution in [0.1, 0.15) is 43.2 Å². The van der Waals surface area contributed by atoms with Crippen LogP contribution < -0.4 is 4.74 Å². The minimum absolute atomic E-state index is 0.0115. The molecule has 0 aliphatic heterocycles. The highest BCUT2D eigenvalue weighted by atomic mass is 16.5. The molecule has 1 atom stereocenters. The van der Waals surface area contributed by atoms with E-state index in [4.69, 9.17) is 9.84 Å². The van der Waals surface area contributed by atoms with Crippen molar-refractivity contribution in [2.75, 3.05) is 0 Å². The van der Waals surface area contributed by atoms with Crippen LogP contribution in [0.4, 0.5) is 0 Å². The highest BCUT2D eigenvalue weighted by Gasteiger charge is 2.23. The summed E-state index contributed by atoms with van der Waals surface area (Å²) in [6, 6.07) is 14.0. The summed E-state index contributed by atoms with van der Waals surface area (Å²) in [5, 5.41) is 14.6. The van der Waals surface area contributed by atoms with Crippen LogP contribution in [-0.4, -0.2) is 20.9 Å². The molecule has 0 spiro atoms. The van der Waals surface area contributed by atoms with E-state index in [-0.39, 0.29) is 12.3 Å². The van der Waals surface area contributed by atoms with Gasteiger partial charge in [0.1, 0.15) is 12.4 Å². The number of aromatic nitrogens is 2. The van der Waals surface area contributed by atoms with Gasteiger partial charge in [-0.15, -0.1) is 0 Å². The fraction of sp³-hybridized carbons (Fsp3) is 0.364. The number of ether oxygens (including phenoxy) is 1. The lowest BCUT2D eigenvalue weighted by Crippen LogP contribution is -2.03. The van der Waals surface area contributed by atoms with Crippen molar-refractivity contribution in [2.45, 2.75) is 45.3 Å². The second-order valence-electron chi connectivity index (χ2n) is 7.48. The number of carboxylic acid groups (broad SMARTS) is 1. The second-order valence-corrected chi connectivity index (χ2v) is 7.48. The largest absolute Gasteiger partial charge is 0.489 e. The van der Waals surface area contributed by atoms with Gasteiger partial charge in [0.05, 0.1) is 18.1 Å². The van der Waals surface area contributed by atoms with Gasteiger partial charge < -0.3 is 9.84 Å². The van der Waals surface area contributed by atoms with Crippen LogP contribution in [0.3, 0.4) is 0 Å². The molecule has 1 saturated carbocycles. The summed E-state index contributed by atoms with van der Waals surface area (Å²) in [7, 11) is 0. The molecule has 3 aromatic rings. The number of rotatable bonds is 8. The SMILES string of the molecule is CC(CC(=O)O)c1ccc(OCc2cccc3c2cnn3CC2CC2)cc1. The van der Waals surface area contributed by atoms with Crippen molar-refractivity contribution in [1.82, 2.24) is 9.78 Å². The van der Waals surface area contributed by atoms with Gasteiger partial charge in [0.25, 0.3) is 0 Å². The Labute approximate surface area is 158 Å². The third-order valence-corrected chi connectivity index (χ3v) is 5.23. The average molecular weight is 364 g/mol. The number of benzene rings is 2. The van der Waals surface area contributed by atoms with Gasteiger partial charge in [-0.25, -0.2) is 0 Å². The Morgan fingerprint density at radius 1 is 1.26 bits per heavy atom. The molecule has 1 aromatic heterocycles. The van der Waals surface area contributed by atoms with E-state index >= 15 is 0 Å². The highest BCUT2D eigenvalue weighted by molar-refractivity contribution is 5.82. The second kappa shape index (κ2) is 7.43. The summed E-state index contributed by atoms with van der Waals surface area (Å²) in [4.78, 5) is 10.8. The molecule has 4 rings (SSSR count). The Bertz CT molecular complexity index is 942. The molecular formula is C22H24N2O3. The summed E-state index contributed by atoms with van der Waals surface area (Å²) in [6.45, 7) is 3.41. The van der Waals surface area contributed by atoms with Crippen molar-refractivity contribution < 1.29 is 14.6 Å². The lowest BCUT2D eigenvalue weighted by molar-refractivity contribution is -0.137. The summed E-state index contributed by atoms with van der Waals surface area (Å²) >= 11 is 0. The maximum atomic E-state index is 10.8. The van der Waals surface area contributed by atoms with Crippen LogP contribution >= 0.6 is 0 Å². The minimum atomic E-state index is -0.779. The molecule has 0 saturated heterocycles. The maximum absolute atomic E-state index is 10.8. The van der Waals surface area contributed by atoms with Crippen molar-refractivity contribution in [3.05, 3.63) is 59.8 Å². The van der Waals surface area contributed by atoms with E-state index in [1.807, 2.05) is 37.4 Å². The Hall–Kier alpha value is -2.82. The van der Waals surface area contributed by atoms with Gasteiger partial charge in [-0.1, -0.05) is 31.2 Å². The molecule has 0 amide bonds. The van der Waals surface area contributed by atoms with Crippen LogP contribution in [0.5, 0.6) is 5.75 Å². The quantitative estimate of drug-likeness (QED) is 0.634. The number of aliphatic carboxylic acids is 1. The van der Waals surface area contributed by atoms with Crippen LogP contribution in [0, 0.1) is 5.92 Å². The van der Waals surface area contributed by atoms with E-state index in [0.29, 0.717) is 6.61 Å². The minimum Gasteiger partial charge on any atom is -0.489 e. The van der Waals surface area contributed by atoms with E-state index in [9.17, 15) is 4.79 Å². The molecular weight excluding hydrogens is 340 g/mol. The van der Waals surface area contributed by atoms with Crippen molar-refractivity contribution in [1.29, 1.82) is 0 Å². The molecule has 1 aliphatic carbocycles. The topological polar surface area (TPSA) is 64.3 Å². The third kappa shape index (κ3) is 4.13. The average Bonchev–Trinajstić information content (AvgIpc) is 3.38. The summed E-state index contributed by atoms with van der Waals surface area (Å²) in [6.07, 6.45) is 4.69. The van der Waals surface area contributed by atoms with Crippen LogP contribution in [0.25, 0.3) is 10.9 Å². The molecule has 1 fully saturated rings. The third-order valence-electron chi connectivity index (χ3n) is 5.23. The van der Waals surface area contributed by atoms with E-state index in [2.05, 4.69) is 28.0 Å². The van der Waals surface area contributed by atoms with E-state index in [1.165, 1.54) is 18.4 Å². The Morgan fingerprint density at radius 2 is 2.04 bits per heavy atom. The summed E-state index contributed by atoms with van der Waals surface area (Å²) in [5.74, 6) is 0.777. The van der Waals surface area contributed by atoms with Gasteiger partial charge in [-0.3, -0.25) is 9.48 Å². The first-order chi connectivity index (χ1) is 13.1. The Kier molecular flexibility index (Phi) is 4.84. The molecule has 1 N–H and O–H groups in total. The fourth-order valence-corrected chi connectivity index (χ4v) is 3.41. The molecule has 0 bridgehead atoms. The van der Waals surface area contributed by atoms with E-state index in [1.54, 1.807) is 0 Å². The van der Waals surface area contributed by atoms with Crippen LogP contribution in [-0.2, 0) is 17.9 Å². The number of fused-ring (bicyclic) bond motifs is 1. The lowest BCUT2D eigenvalue weighted by Gasteiger charge is -2.11. The molecule has 1 unspecified atom stereocenters. The van der Waals surface area contributed by atoms with Crippen molar-refractivity contribution in [3.63, 3.8) is 0 Å². The molecule has 1 aliphatic rings. The number of nitrogens with zero attached hydrogens (tertiary/aromatic N) is 2. The molecule has 5 nitrogen and oxygen atoms in total. The highest BCUT2D eigenvalue weighted by Crippen LogP contribution is 2.32. The molecule has 2 aromatic carbocycles. The Balaban J connectivity index is 1.44. The molecule has 5 heteroatoms. The zero-order valence-electron chi connectivity index (χ0n) is 15.5. The Morgan fingerprint density at radius 3 is 2.74 bits per heavy atom. The summed E-state index contributed by atoms with van der Waals surface area (Å²) in [5.41, 5.74) is 3.30. The maximum Gasteiger partial charge on any atom is 0.303 e. The van der Waals surface area contributed by atoms with E-state index < -0.39 is 5.97 Å². The zero-order chi connectivity index (χ0) is 18.8. The number of hydrogen-bond donors (Lipinski definition) is 1. The van der Waals surface area contributed by atoms with E-state index in [0.717, 1.165) is 34.7 Å². The first-order valence-corrected chi connectivity index (χ1v) is 9.48. The monoisotopic (exact) mass is 364 g/mol. The predicted octanol–water partition coefficient (Wildman–Crippen LogP) is 4.60. The van der Waals surface area contributed by atoms with Gasteiger partial charge >= 0.3 is 5.97 Å². The van der Waals surface area contributed by atoms with Gasteiger partial charge in [0.2, 0.25) is 0 Å². The molecule has 0 radical (unpaired) electrons. The number of hydrogen-bond acceptors (Lipinski definition) is 3. The van der Waals surface area contributed by atoms with Crippen molar-refractivity contribution >= 4 is 16.9 Å². The summed E-state index contributed by atoms with van der Waals surface area (Å²) < 4.78 is 8.07.